The Balaban J connectivity index is 2.29. The molecule has 2 N–H and O–H groups in total. The van der Waals surface area contributed by atoms with E-state index < -0.39 is 5.60 Å². The largest absolute Gasteiger partial charge is 0.469 e. The average molecular weight is 240 g/mol. The zero-order valence-corrected chi connectivity index (χ0v) is 11.2. The van der Waals surface area contributed by atoms with Crippen LogP contribution >= 0.6 is 0 Å². The highest BCUT2D eigenvalue weighted by Crippen LogP contribution is 2.06. The van der Waals surface area contributed by atoms with Crippen molar-refractivity contribution in [2.75, 3.05) is 27.2 Å². The number of hydrogen-bond donors (Lipinski definition) is 2. The second-order valence-electron chi connectivity index (χ2n) is 5.30. The molecule has 0 aliphatic heterocycles. The van der Waals surface area contributed by atoms with Crippen LogP contribution < -0.4 is 5.32 Å². The molecular weight excluding hydrogens is 216 g/mol. The Morgan fingerprint density at radius 2 is 2.24 bits per heavy atom. The minimum atomic E-state index is -0.707. The molecule has 0 spiro atoms. The molecule has 1 heterocycles. The van der Waals surface area contributed by atoms with Crippen molar-refractivity contribution in [3.05, 3.63) is 24.2 Å². The number of likely N-dealkylation sites (N-methyl/N-ethyl adjacent to an activating group) is 1. The lowest BCUT2D eigenvalue weighted by atomic mass is 10.1. The van der Waals surface area contributed by atoms with E-state index in [1.165, 1.54) is 0 Å². The molecule has 1 aromatic heterocycles. The van der Waals surface area contributed by atoms with Crippen LogP contribution in [0.5, 0.6) is 0 Å². The first-order valence-electron chi connectivity index (χ1n) is 6.02. The Bertz CT molecular complexity index is 307. The molecule has 98 valence electrons. The molecule has 0 aromatic carbocycles. The third kappa shape index (κ3) is 5.86. The molecule has 0 aliphatic carbocycles. The highest BCUT2D eigenvalue weighted by atomic mass is 16.3. The van der Waals surface area contributed by atoms with Crippen molar-refractivity contribution >= 4 is 0 Å². The van der Waals surface area contributed by atoms with E-state index in [2.05, 4.69) is 12.2 Å². The third-order valence-corrected chi connectivity index (χ3v) is 2.58. The van der Waals surface area contributed by atoms with E-state index in [1.54, 1.807) is 6.26 Å². The lowest BCUT2D eigenvalue weighted by Crippen LogP contribution is -2.48. The molecule has 4 heteroatoms. The molecule has 0 radical (unpaired) electrons. The van der Waals surface area contributed by atoms with E-state index in [1.807, 2.05) is 38.1 Å². The van der Waals surface area contributed by atoms with Gasteiger partial charge in [0.1, 0.15) is 5.76 Å². The van der Waals surface area contributed by atoms with Crippen molar-refractivity contribution in [3.63, 3.8) is 0 Å². The van der Waals surface area contributed by atoms with Crippen LogP contribution in [0.1, 0.15) is 19.6 Å². The lowest BCUT2D eigenvalue weighted by Gasteiger charge is -2.28. The second kappa shape index (κ2) is 6.19. The van der Waals surface area contributed by atoms with Gasteiger partial charge in [-0.15, -0.1) is 0 Å². The van der Waals surface area contributed by atoms with Crippen LogP contribution in [0.2, 0.25) is 0 Å². The topological polar surface area (TPSA) is 48.6 Å². The molecule has 2 unspecified atom stereocenters. The molecule has 1 aromatic rings. The van der Waals surface area contributed by atoms with Gasteiger partial charge in [-0.1, -0.05) is 0 Å². The van der Waals surface area contributed by atoms with Gasteiger partial charge in [-0.25, -0.2) is 0 Å². The van der Waals surface area contributed by atoms with E-state index in [0.29, 0.717) is 13.1 Å². The fourth-order valence-corrected chi connectivity index (χ4v) is 1.93. The minimum Gasteiger partial charge on any atom is -0.469 e. The number of hydrogen-bond acceptors (Lipinski definition) is 4. The maximum absolute atomic E-state index is 10.1. The molecule has 0 fully saturated rings. The summed E-state index contributed by atoms with van der Waals surface area (Å²) in [5.74, 6) is 0.970. The predicted octanol–water partition coefficient (Wildman–Crippen LogP) is 1.11. The molecule has 17 heavy (non-hydrogen) atoms. The van der Waals surface area contributed by atoms with Crippen molar-refractivity contribution in [1.82, 2.24) is 10.2 Å². The van der Waals surface area contributed by atoms with Crippen LogP contribution in [0.15, 0.2) is 22.8 Å². The van der Waals surface area contributed by atoms with Gasteiger partial charge in [-0.05, 0) is 40.1 Å². The van der Waals surface area contributed by atoms with Gasteiger partial charge in [0.05, 0.1) is 11.9 Å². The summed E-state index contributed by atoms with van der Waals surface area (Å²) in [6, 6.07) is 4.15. The maximum Gasteiger partial charge on any atom is 0.105 e. The summed E-state index contributed by atoms with van der Waals surface area (Å²) in [5.41, 5.74) is -0.707. The maximum atomic E-state index is 10.1. The molecule has 2 atom stereocenters. The summed E-state index contributed by atoms with van der Waals surface area (Å²) < 4.78 is 5.29. The summed E-state index contributed by atoms with van der Waals surface area (Å²) in [6.07, 6.45) is 2.52. The number of aliphatic hydroxyl groups is 1. The molecule has 1 rings (SSSR count). The van der Waals surface area contributed by atoms with Gasteiger partial charge in [0.2, 0.25) is 0 Å². The van der Waals surface area contributed by atoms with Gasteiger partial charge in [-0.3, -0.25) is 0 Å². The van der Waals surface area contributed by atoms with Gasteiger partial charge in [0.15, 0.2) is 0 Å². The van der Waals surface area contributed by atoms with Crippen molar-refractivity contribution < 1.29 is 9.52 Å². The van der Waals surface area contributed by atoms with E-state index in [9.17, 15) is 5.11 Å². The minimum absolute atomic E-state index is 0.287. The highest BCUT2D eigenvalue weighted by molar-refractivity contribution is 5.00. The highest BCUT2D eigenvalue weighted by Gasteiger charge is 2.21. The van der Waals surface area contributed by atoms with E-state index in [4.69, 9.17) is 4.42 Å². The van der Waals surface area contributed by atoms with Gasteiger partial charge < -0.3 is 19.7 Å². The monoisotopic (exact) mass is 240 g/mol. The normalized spacial score (nSPS) is 17.1. The van der Waals surface area contributed by atoms with Crippen LogP contribution in [-0.4, -0.2) is 48.8 Å². The zero-order chi connectivity index (χ0) is 12.9. The molecule has 0 bridgehead atoms. The summed E-state index contributed by atoms with van der Waals surface area (Å²) in [5, 5.41) is 13.5. The summed E-state index contributed by atoms with van der Waals surface area (Å²) in [6.45, 7) is 5.16. The molecule has 0 amide bonds. The molecular formula is C13H24N2O2. The number of nitrogens with zero attached hydrogens (tertiary/aromatic N) is 1. The van der Waals surface area contributed by atoms with E-state index in [-0.39, 0.29) is 6.04 Å². The Labute approximate surface area is 104 Å². The van der Waals surface area contributed by atoms with Crippen molar-refractivity contribution in [2.24, 2.45) is 0 Å². The molecule has 4 nitrogen and oxygen atoms in total. The first-order valence-corrected chi connectivity index (χ1v) is 6.02. The van der Waals surface area contributed by atoms with Crippen LogP contribution in [0.4, 0.5) is 0 Å². The Hall–Kier alpha value is -0.840. The first-order chi connectivity index (χ1) is 7.89. The number of nitrogens with one attached hydrogen (secondary N) is 1. The van der Waals surface area contributed by atoms with Crippen LogP contribution in [-0.2, 0) is 6.42 Å². The Morgan fingerprint density at radius 1 is 1.53 bits per heavy atom. The fraction of sp³-hybridized carbons (Fsp3) is 0.692. The molecule has 0 saturated heterocycles. The summed E-state index contributed by atoms with van der Waals surface area (Å²) in [4.78, 5) is 1.98. The van der Waals surface area contributed by atoms with Crippen molar-refractivity contribution in [3.8, 4) is 0 Å². The number of furan rings is 1. The van der Waals surface area contributed by atoms with Crippen molar-refractivity contribution in [2.45, 2.75) is 31.9 Å². The predicted molar refractivity (Wildman–Crippen MR) is 69.1 cm³/mol. The Kier molecular flexibility index (Phi) is 5.18. The van der Waals surface area contributed by atoms with Gasteiger partial charge in [0.25, 0.3) is 0 Å². The van der Waals surface area contributed by atoms with Crippen LogP contribution in [0, 0.1) is 0 Å². The fourth-order valence-electron chi connectivity index (χ4n) is 1.93. The third-order valence-electron chi connectivity index (χ3n) is 2.58. The number of rotatable bonds is 7. The SMILES string of the molecule is CC(Cc1ccco1)NCC(C)(O)CN(C)C. The van der Waals surface area contributed by atoms with E-state index >= 15 is 0 Å². The standard InChI is InChI=1S/C13H24N2O2/c1-11(8-12-6-5-7-17-12)14-9-13(2,16)10-15(3)4/h5-7,11,14,16H,8-10H2,1-4H3. The first kappa shape index (κ1) is 14.2. The summed E-state index contributed by atoms with van der Waals surface area (Å²) >= 11 is 0. The smallest absolute Gasteiger partial charge is 0.105 e. The van der Waals surface area contributed by atoms with Gasteiger partial charge in [0, 0.05) is 25.6 Å². The molecule has 0 aliphatic rings. The quantitative estimate of drug-likeness (QED) is 0.749. The van der Waals surface area contributed by atoms with Crippen molar-refractivity contribution in [1.29, 1.82) is 0 Å². The lowest BCUT2D eigenvalue weighted by molar-refractivity contribution is 0.0316. The molecule has 0 saturated carbocycles. The van der Waals surface area contributed by atoms with Crippen LogP contribution in [0.25, 0.3) is 0 Å². The summed E-state index contributed by atoms with van der Waals surface area (Å²) in [7, 11) is 3.92. The van der Waals surface area contributed by atoms with E-state index in [0.717, 1.165) is 12.2 Å². The van der Waals surface area contributed by atoms with Gasteiger partial charge >= 0.3 is 0 Å². The van der Waals surface area contributed by atoms with Crippen LogP contribution in [0.3, 0.4) is 0 Å². The van der Waals surface area contributed by atoms with Gasteiger partial charge in [-0.2, -0.15) is 0 Å². The average Bonchev–Trinajstić information content (AvgIpc) is 2.65. The zero-order valence-electron chi connectivity index (χ0n) is 11.2. The second-order valence-corrected chi connectivity index (χ2v) is 5.30. The Morgan fingerprint density at radius 3 is 2.76 bits per heavy atom.